The first-order valence-electron chi connectivity index (χ1n) is 7.95. The Morgan fingerprint density at radius 3 is 2.30 bits per heavy atom. The van der Waals surface area contributed by atoms with Gasteiger partial charge in [-0.1, -0.05) is 19.1 Å². The molecule has 0 spiro atoms. The number of aromatic nitrogens is 2. The van der Waals surface area contributed by atoms with Crippen LogP contribution in [0.3, 0.4) is 0 Å². The Bertz CT molecular complexity index is 1010. The SMILES string of the molecule is CCC(C(=O)O)(c1ccc(C(F)(F)F)cc1)n1ncc2c(N)cc(F)cc21. The number of carboxylic acids is 1. The summed E-state index contributed by atoms with van der Waals surface area (Å²) in [5, 5.41) is 14.4. The van der Waals surface area contributed by atoms with Crippen molar-refractivity contribution < 1.29 is 27.5 Å². The molecule has 0 saturated carbocycles. The van der Waals surface area contributed by atoms with Crippen LogP contribution in [-0.2, 0) is 16.5 Å². The number of nitrogens with zero attached hydrogens (tertiary/aromatic N) is 2. The fourth-order valence-corrected chi connectivity index (χ4v) is 3.20. The maximum Gasteiger partial charge on any atom is 0.416 e. The summed E-state index contributed by atoms with van der Waals surface area (Å²) in [6, 6.07) is 5.98. The van der Waals surface area contributed by atoms with E-state index in [9.17, 15) is 27.5 Å². The van der Waals surface area contributed by atoms with Crippen molar-refractivity contribution in [1.29, 1.82) is 0 Å². The molecular formula is C18H15F4N3O2. The number of nitrogen functional groups attached to an aromatic ring is 1. The van der Waals surface area contributed by atoms with E-state index in [2.05, 4.69) is 5.10 Å². The van der Waals surface area contributed by atoms with Crippen molar-refractivity contribution in [3.63, 3.8) is 0 Å². The van der Waals surface area contributed by atoms with E-state index in [4.69, 9.17) is 5.73 Å². The average Bonchev–Trinajstić information content (AvgIpc) is 3.00. The molecule has 1 aromatic heterocycles. The quantitative estimate of drug-likeness (QED) is 0.528. The molecule has 9 heteroatoms. The van der Waals surface area contributed by atoms with Gasteiger partial charge in [-0.05, 0) is 36.2 Å². The van der Waals surface area contributed by atoms with Crippen LogP contribution in [0.1, 0.15) is 24.5 Å². The number of alkyl halides is 3. The maximum atomic E-state index is 13.8. The number of rotatable bonds is 4. The lowest BCUT2D eigenvalue weighted by Gasteiger charge is -2.30. The molecule has 0 aliphatic heterocycles. The standard InChI is InChI=1S/C18H15F4N3O2/c1-2-17(16(26)27,10-3-5-11(6-4-10)18(20,21)22)25-15-8-12(19)7-14(23)13(15)9-24-25/h3-9H,2,23H2,1H3,(H,26,27). The lowest BCUT2D eigenvalue weighted by atomic mass is 9.86. The summed E-state index contributed by atoms with van der Waals surface area (Å²) < 4.78 is 53.4. The molecule has 0 saturated heterocycles. The lowest BCUT2D eigenvalue weighted by Crippen LogP contribution is -2.43. The molecule has 142 valence electrons. The molecular weight excluding hydrogens is 366 g/mol. The number of carboxylic acid groups (broad SMARTS) is 1. The van der Waals surface area contributed by atoms with E-state index in [1.54, 1.807) is 6.92 Å². The van der Waals surface area contributed by atoms with Crippen molar-refractivity contribution in [3.8, 4) is 0 Å². The minimum atomic E-state index is -4.55. The summed E-state index contributed by atoms with van der Waals surface area (Å²) in [4.78, 5) is 12.2. The van der Waals surface area contributed by atoms with Gasteiger partial charge in [0.2, 0.25) is 0 Å². The number of benzene rings is 2. The Morgan fingerprint density at radius 2 is 1.78 bits per heavy atom. The Kier molecular flexibility index (Phi) is 4.33. The maximum absolute atomic E-state index is 13.8. The summed E-state index contributed by atoms with van der Waals surface area (Å²) in [6.07, 6.45) is -3.28. The average molecular weight is 381 g/mol. The number of hydrogen-bond acceptors (Lipinski definition) is 3. The number of fused-ring (bicyclic) bond motifs is 1. The molecule has 1 heterocycles. The normalized spacial score (nSPS) is 14.3. The van der Waals surface area contributed by atoms with Gasteiger partial charge in [-0.25, -0.2) is 13.9 Å². The minimum absolute atomic E-state index is 0.0408. The van der Waals surface area contributed by atoms with Crippen molar-refractivity contribution in [1.82, 2.24) is 9.78 Å². The van der Waals surface area contributed by atoms with E-state index in [1.807, 2.05) is 0 Å². The predicted molar refractivity (Wildman–Crippen MR) is 90.6 cm³/mol. The van der Waals surface area contributed by atoms with Crippen LogP contribution >= 0.6 is 0 Å². The molecule has 2 aromatic carbocycles. The zero-order valence-electron chi connectivity index (χ0n) is 14.1. The third-order valence-electron chi connectivity index (χ3n) is 4.60. The van der Waals surface area contributed by atoms with Gasteiger partial charge in [0, 0.05) is 11.1 Å². The van der Waals surface area contributed by atoms with Gasteiger partial charge < -0.3 is 10.8 Å². The Labute approximate surface area is 151 Å². The van der Waals surface area contributed by atoms with E-state index >= 15 is 0 Å². The molecule has 0 fully saturated rings. The number of anilines is 1. The van der Waals surface area contributed by atoms with Gasteiger partial charge in [0.15, 0.2) is 5.54 Å². The monoisotopic (exact) mass is 381 g/mol. The summed E-state index contributed by atoms with van der Waals surface area (Å²) in [5.41, 5.74) is 3.34. The van der Waals surface area contributed by atoms with Crippen LogP contribution in [0.4, 0.5) is 23.2 Å². The first-order valence-corrected chi connectivity index (χ1v) is 7.95. The molecule has 5 nitrogen and oxygen atoms in total. The van der Waals surface area contributed by atoms with Crippen molar-refractivity contribution in [2.24, 2.45) is 0 Å². The fourth-order valence-electron chi connectivity index (χ4n) is 3.20. The summed E-state index contributed by atoms with van der Waals surface area (Å²) in [6.45, 7) is 1.56. The highest BCUT2D eigenvalue weighted by molar-refractivity contribution is 5.92. The van der Waals surface area contributed by atoms with Gasteiger partial charge in [-0.15, -0.1) is 0 Å². The van der Waals surface area contributed by atoms with Crippen LogP contribution in [0.2, 0.25) is 0 Å². The third kappa shape index (κ3) is 2.88. The first kappa shape index (κ1) is 18.7. The van der Waals surface area contributed by atoms with E-state index in [1.165, 1.54) is 6.20 Å². The van der Waals surface area contributed by atoms with Gasteiger partial charge in [0.1, 0.15) is 5.82 Å². The van der Waals surface area contributed by atoms with Crippen molar-refractivity contribution in [2.75, 3.05) is 5.73 Å². The van der Waals surface area contributed by atoms with Gasteiger partial charge in [0.05, 0.1) is 17.3 Å². The molecule has 3 aromatic rings. The highest BCUT2D eigenvalue weighted by Crippen LogP contribution is 2.37. The van der Waals surface area contributed by atoms with Crippen LogP contribution in [0, 0.1) is 5.82 Å². The predicted octanol–water partition coefficient (Wildman–Crippen LogP) is 4.01. The van der Waals surface area contributed by atoms with Crippen LogP contribution in [0.25, 0.3) is 10.9 Å². The Morgan fingerprint density at radius 1 is 1.19 bits per heavy atom. The second-order valence-corrected chi connectivity index (χ2v) is 6.08. The van der Waals surface area contributed by atoms with Crippen LogP contribution in [0.15, 0.2) is 42.6 Å². The van der Waals surface area contributed by atoms with Crippen molar-refractivity contribution >= 4 is 22.6 Å². The number of carbonyl (C=O) groups is 1. The van der Waals surface area contributed by atoms with Gasteiger partial charge in [-0.3, -0.25) is 0 Å². The van der Waals surface area contributed by atoms with Gasteiger partial charge in [0.25, 0.3) is 0 Å². The number of nitrogens with two attached hydrogens (primary N) is 1. The molecule has 0 aliphatic carbocycles. The summed E-state index contributed by atoms with van der Waals surface area (Å²) >= 11 is 0. The molecule has 0 amide bonds. The van der Waals surface area contributed by atoms with Crippen LogP contribution < -0.4 is 5.73 Å². The van der Waals surface area contributed by atoms with E-state index in [-0.39, 0.29) is 23.2 Å². The summed E-state index contributed by atoms with van der Waals surface area (Å²) in [5.74, 6) is -2.01. The zero-order valence-corrected chi connectivity index (χ0v) is 14.1. The Hall–Kier alpha value is -3.10. The molecule has 3 rings (SSSR count). The van der Waals surface area contributed by atoms with E-state index in [0.29, 0.717) is 5.39 Å². The lowest BCUT2D eigenvalue weighted by molar-refractivity contribution is -0.145. The van der Waals surface area contributed by atoms with Crippen LogP contribution in [-0.4, -0.2) is 20.9 Å². The van der Waals surface area contributed by atoms with Crippen molar-refractivity contribution in [3.05, 3.63) is 59.5 Å². The van der Waals surface area contributed by atoms with Gasteiger partial charge >= 0.3 is 12.1 Å². The smallest absolute Gasteiger partial charge is 0.416 e. The van der Waals surface area contributed by atoms with Crippen LogP contribution in [0.5, 0.6) is 0 Å². The molecule has 1 atom stereocenters. The highest BCUT2D eigenvalue weighted by Gasteiger charge is 2.43. The molecule has 0 aliphatic rings. The topological polar surface area (TPSA) is 81.1 Å². The first-order chi connectivity index (χ1) is 12.6. The fraction of sp³-hybridized carbons (Fsp3) is 0.222. The molecule has 1 unspecified atom stereocenters. The number of aliphatic carboxylic acids is 1. The minimum Gasteiger partial charge on any atom is -0.479 e. The highest BCUT2D eigenvalue weighted by atomic mass is 19.4. The zero-order chi connectivity index (χ0) is 20.0. The molecule has 27 heavy (non-hydrogen) atoms. The molecule has 0 radical (unpaired) electrons. The third-order valence-corrected chi connectivity index (χ3v) is 4.60. The Balaban J connectivity index is 2.28. The molecule has 0 bridgehead atoms. The molecule has 3 N–H and O–H groups in total. The van der Waals surface area contributed by atoms with Gasteiger partial charge in [-0.2, -0.15) is 18.3 Å². The second-order valence-electron chi connectivity index (χ2n) is 6.08. The number of hydrogen-bond donors (Lipinski definition) is 2. The van der Waals surface area contributed by atoms with E-state index in [0.717, 1.165) is 41.1 Å². The van der Waals surface area contributed by atoms with E-state index < -0.39 is 29.1 Å². The summed E-state index contributed by atoms with van der Waals surface area (Å²) in [7, 11) is 0. The largest absolute Gasteiger partial charge is 0.479 e. The van der Waals surface area contributed by atoms with Crippen molar-refractivity contribution in [2.45, 2.75) is 25.1 Å². The second kappa shape index (κ2) is 6.26. The number of halogens is 4.